The number of anilines is 1. The number of alkyl halides is 2. The lowest BCUT2D eigenvalue weighted by Gasteiger charge is -2.40. The van der Waals surface area contributed by atoms with Gasteiger partial charge in [0.1, 0.15) is 0 Å². The summed E-state index contributed by atoms with van der Waals surface area (Å²) < 4.78 is 41.4. The van der Waals surface area contributed by atoms with E-state index in [0.29, 0.717) is 37.3 Å². The first-order valence-corrected chi connectivity index (χ1v) is 11.9. The third-order valence-corrected chi connectivity index (χ3v) is 7.33. The molecule has 0 radical (unpaired) electrons. The SMILES string of the molecule is CC1(c2ccc(NC(=O)C3(c4ccc5c(c4)OC(F)(F)O5)CC3)cc2-c2cccc(C(=O)O)c2)COC1.[HH]. The Hall–Kier alpha value is -3.98. The fourth-order valence-electron chi connectivity index (χ4n) is 5.04. The van der Waals surface area contributed by atoms with E-state index in [9.17, 15) is 23.5 Å². The third kappa shape index (κ3) is 3.99. The first-order chi connectivity index (χ1) is 17.6. The average molecular weight is 510 g/mol. The van der Waals surface area contributed by atoms with Gasteiger partial charge in [0.25, 0.3) is 0 Å². The summed E-state index contributed by atoms with van der Waals surface area (Å²) in [6, 6.07) is 16.7. The number of hydrogen-bond acceptors (Lipinski definition) is 5. The lowest BCUT2D eigenvalue weighted by Crippen LogP contribution is -2.44. The largest absolute Gasteiger partial charge is 0.586 e. The molecule has 1 amide bonds. The molecule has 2 fully saturated rings. The summed E-state index contributed by atoms with van der Waals surface area (Å²) in [5.41, 5.74) is 2.73. The van der Waals surface area contributed by atoms with E-state index >= 15 is 0 Å². The van der Waals surface area contributed by atoms with E-state index in [4.69, 9.17) is 4.74 Å². The molecule has 0 spiro atoms. The Morgan fingerprint density at radius 2 is 1.73 bits per heavy atom. The minimum atomic E-state index is -3.72. The third-order valence-electron chi connectivity index (χ3n) is 7.33. The molecule has 2 aliphatic heterocycles. The van der Waals surface area contributed by atoms with Crippen LogP contribution in [0.1, 0.15) is 42.7 Å². The second kappa shape index (κ2) is 8.01. The maximum Gasteiger partial charge on any atom is 0.586 e. The number of benzene rings is 3. The van der Waals surface area contributed by atoms with Gasteiger partial charge in [-0.3, -0.25) is 4.79 Å². The van der Waals surface area contributed by atoms with Gasteiger partial charge in [0.05, 0.1) is 24.2 Å². The number of hydrogen-bond donors (Lipinski definition) is 2. The number of carbonyl (C=O) groups excluding carboxylic acids is 1. The van der Waals surface area contributed by atoms with Crippen LogP contribution in [0.3, 0.4) is 0 Å². The van der Waals surface area contributed by atoms with Crippen molar-refractivity contribution in [3.63, 3.8) is 0 Å². The van der Waals surface area contributed by atoms with Crippen molar-refractivity contribution in [3.8, 4) is 22.6 Å². The van der Waals surface area contributed by atoms with E-state index in [0.717, 1.165) is 16.7 Å². The highest BCUT2D eigenvalue weighted by Gasteiger charge is 2.53. The predicted octanol–water partition coefficient (Wildman–Crippen LogP) is 5.58. The number of carboxylic acids is 1. The molecule has 0 atom stereocenters. The Kier molecular flexibility index (Phi) is 5.07. The van der Waals surface area contributed by atoms with Crippen molar-refractivity contribution in [3.05, 3.63) is 77.4 Å². The Bertz CT molecular complexity index is 1450. The molecule has 1 saturated heterocycles. The van der Waals surface area contributed by atoms with Crippen LogP contribution in [-0.2, 0) is 20.4 Å². The van der Waals surface area contributed by atoms with Crippen molar-refractivity contribution in [1.82, 2.24) is 0 Å². The summed E-state index contributed by atoms with van der Waals surface area (Å²) in [5, 5.41) is 12.5. The molecule has 0 aromatic heterocycles. The number of carboxylic acid groups (broad SMARTS) is 1. The number of rotatable bonds is 6. The highest BCUT2D eigenvalue weighted by Crippen LogP contribution is 2.52. The summed E-state index contributed by atoms with van der Waals surface area (Å²) in [7, 11) is 0. The Morgan fingerprint density at radius 3 is 2.41 bits per heavy atom. The number of amides is 1. The van der Waals surface area contributed by atoms with Gasteiger partial charge in [-0.1, -0.05) is 31.2 Å². The number of nitrogens with one attached hydrogen (secondary N) is 1. The summed E-state index contributed by atoms with van der Waals surface area (Å²) in [4.78, 5) is 25.0. The lowest BCUT2D eigenvalue weighted by atomic mass is 9.76. The van der Waals surface area contributed by atoms with Crippen LogP contribution in [0.4, 0.5) is 14.5 Å². The maximum atomic E-state index is 13.5. The minimum Gasteiger partial charge on any atom is -0.478 e. The topological polar surface area (TPSA) is 94.1 Å². The van der Waals surface area contributed by atoms with Crippen LogP contribution in [0.2, 0.25) is 0 Å². The van der Waals surface area contributed by atoms with Crippen molar-refractivity contribution < 1.29 is 39.1 Å². The molecule has 6 rings (SSSR count). The number of aromatic carboxylic acids is 1. The number of halogens is 2. The normalized spacial score (nSPS) is 19.5. The van der Waals surface area contributed by atoms with Crippen LogP contribution in [-0.4, -0.2) is 36.5 Å². The molecule has 1 aliphatic carbocycles. The van der Waals surface area contributed by atoms with E-state index in [1.807, 2.05) is 24.3 Å². The minimum absolute atomic E-state index is 0. The van der Waals surface area contributed by atoms with Crippen LogP contribution < -0.4 is 14.8 Å². The Balaban J connectivity index is 0.00000294. The van der Waals surface area contributed by atoms with Crippen molar-refractivity contribution in [2.75, 3.05) is 18.5 Å². The summed E-state index contributed by atoms with van der Waals surface area (Å²) >= 11 is 0. The van der Waals surface area contributed by atoms with Crippen molar-refractivity contribution in [2.45, 2.75) is 36.9 Å². The Morgan fingerprint density at radius 1 is 0.973 bits per heavy atom. The maximum absolute atomic E-state index is 13.5. The fourth-order valence-corrected chi connectivity index (χ4v) is 5.04. The van der Waals surface area contributed by atoms with Crippen LogP contribution in [0.15, 0.2) is 60.7 Å². The molecule has 3 aromatic rings. The van der Waals surface area contributed by atoms with Crippen LogP contribution in [0.5, 0.6) is 11.5 Å². The molecule has 9 heteroatoms. The van der Waals surface area contributed by atoms with Gasteiger partial charge in [-0.25, -0.2) is 4.79 Å². The quantitative estimate of drug-likeness (QED) is 0.451. The molecule has 0 bridgehead atoms. The Labute approximate surface area is 212 Å². The van der Waals surface area contributed by atoms with Crippen molar-refractivity contribution in [2.24, 2.45) is 0 Å². The second-order valence-corrected chi connectivity index (χ2v) is 10.1. The van der Waals surface area contributed by atoms with E-state index in [1.54, 1.807) is 18.2 Å². The molecule has 2 heterocycles. The van der Waals surface area contributed by atoms with Gasteiger partial charge in [-0.2, -0.15) is 0 Å². The summed E-state index contributed by atoms with van der Waals surface area (Å²) in [6.45, 7) is 3.16. The highest BCUT2D eigenvalue weighted by atomic mass is 19.3. The molecule has 0 unspecified atom stereocenters. The monoisotopic (exact) mass is 509 g/mol. The second-order valence-electron chi connectivity index (χ2n) is 10.1. The molecule has 3 aliphatic rings. The molecular formula is C28H25F2NO6. The van der Waals surface area contributed by atoms with Crippen LogP contribution in [0, 0.1) is 0 Å². The van der Waals surface area contributed by atoms with E-state index in [-0.39, 0.29) is 29.8 Å². The van der Waals surface area contributed by atoms with Gasteiger partial charge in [-0.05, 0) is 71.5 Å². The predicted molar refractivity (Wildman–Crippen MR) is 131 cm³/mol. The van der Waals surface area contributed by atoms with Gasteiger partial charge in [-0.15, -0.1) is 8.78 Å². The van der Waals surface area contributed by atoms with E-state index in [1.165, 1.54) is 18.2 Å². The highest BCUT2D eigenvalue weighted by molar-refractivity contribution is 6.02. The first kappa shape index (κ1) is 23.4. The smallest absolute Gasteiger partial charge is 0.478 e. The van der Waals surface area contributed by atoms with E-state index in [2.05, 4.69) is 21.7 Å². The molecule has 192 valence electrons. The molecular weight excluding hydrogens is 484 g/mol. The van der Waals surface area contributed by atoms with Crippen molar-refractivity contribution in [1.29, 1.82) is 0 Å². The molecule has 3 aromatic carbocycles. The summed E-state index contributed by atoms with van der Waals surface area (Å²) in [5.74, 6) is -1.44. The van der Waals surface area contributed by atoms with Gasteiger partial charge >= 0.3 is 12.3 Å². The molecule has 1 saturated carbocycles. The van der Waals surface area contributed by atoms with Gasteiger partial charge < -0.3 is 24.6 Å². The van der Waals surface area contributed by atoms with Crippen LogP contribution in [0.25, 0.3) is 11.1 Å². The van der Waals surface area contributed by atoms with Crippen LogP contribution >= 0.6 is 0 Å². The molecule has 37 heavy (non-hydrogen) atoms. The summed E-state index contributed by atoms with van der Waals surface area (Å²) in [6.07, 6.45) is -2.59. The zero-order valence-electron chi connectivity index (χ0n) is 19.8. The number of ether oxygens (including phenoxy) is 3. The average Bonchev–Trinajstić information content (AvgIpc) is 3.59. The standard InChI is InChI=1S/C28H23F2NO6.H2/c1-26(14-35-15-26)21-7-6-19(13-20(21)16-3-2-4-17(11-16)24(32)33)31-25(34)27(9-10-27)18-5-8-22-23(12-18)37-28(29,30)36-22;/h2-8,11-13H,9-10,14-15H2,1H3,(H,31,34)(H,32,33);1H. The molecule has 2 N–H and O–H groups in total. The zero-order chi connectivity index (χ0) is 26.0. The number of carbonyl (C=O) groups is 2. The fraction of sp³-hybridized carbons (Fsp3) is 0.286. The zero-order valence-corrected chi connectivity index (χ0v) is 19.8. The lowest BCUT2D eigenvalue weighted by molar-refractivity contribution is -0.286. The van der Waals surface area contributed by atoms with Crippen molar-refractivity contribution >= 4 is 17.6 Å². The first-order valence-electron chi connectivity index (χ1n) is 11.9. The number of fused-ring (bicyclic) bond motifs is 1. The van der Waals surface area contributed by atoms with Gasteiger partial charge in [0, 0.05) is 12.5 Å². The van der Waals surface area contributed by atoms with Gasteiger partial charge in [0.2, 0.25) is 5.91 Å². The van der Waals surface area contributed by atoms with Gasteiger partial charge in [0.15, 0.2) is 11.5 Å². The molecule has 7 nitrogen and oxygen atoms in total. The van der Waals surface area contributed by atoms with E-state index < -0.39 is 17.7 Å².